The van der Waals surface area contributed by atoms with Crippen LogP contribution in [0.2, 0.25) is 0 Å². The normalized spacial score (nSPS) is 12.7. The maximum atomic E-state index is 12.9. The predicted molar refractivity (Wildman–Crippen MR) is 151 cm³/mol. The van der Waals surface area contributed by atoms with Crippen molar-refractivity contribution >= 4 is 23.2 Å². The Labute approximate surface area is 234 Å². The Bertz CT molecular complexity index is 1590. The molecule has 3 heterocycles. The molecule has 1 unspecified atom stereocenters. The molecule has 0 amide bonds. The topological polar surface area (TPSA) is 216 Å². The highest BCUT2D eigenvalue weighted by molar-refractivity contribution is 5.95. The van der Waals surface area contributed by atoms with Crippen LogP contribution in [-0.2, 0) is 4.79 Å². The first-order valence-electron chi connectivity index (χ1n) is 12.5. The quantitative estimate of drug-likeness (QED) is 0.142. The van der Waals surface area contributed by atoms with Crippen LogP contribution in [-0.4, -0.2) is 57.0 Å². The third-order valence-electron chi connectivity index (χ3n) is 5.82. The van der Waals surface area contributed by atoms with E-state index in [0.717, 1.165) is 18.0 Å². The maximum Gasteiger partial charge on any atom is 0.349 e. The highest BCUT2D eigenvalue weighted by Gasteiger charge is 2.26. The number of nitrogens with two attached hydrogens (primary N) is 2. The molecule has 1 atom stereocenters. The van der Waals surface area contributed by atoms with E-state index in [9.17, 15) is 4.79 Å². The highest BCUT2D eigenvalue weighted by Crippen LogP contribution is 2.42. The molecule has 0 aliphatic carbocycles. The van der Waals surface area contributed by atoms with Crippen LogP contribution in [0.3, 0.4) is 0 Å². The molecule has 5 rings (SSSR count). The fraction of sp³-hybridized carbons (Fsp3) is 0.222. The van der Waals surface area contributed by atoms with Gasteiger partial charge in [-0.15, -0.1) is 5.10 Å². The molecule has 4 aromatic rings. The summed E-state index contributed by atoms with van der Waals surface area (Å²) in [6.07, 6.45) is 2.27. The van der Waals surface area contributed by atoms with Crippen molar-refractivity contribution in [2.24, 2.45) is 5.73 Å². The summed E-state index contributed by atoms with van der Waals surface area (Å²) in [7, 11) is 1.55. The van der Waals surface area contributed by atoms with Gasteiger partial charge in [0.05, 0.1) is 26.0 Å². The number of nitrogens with zero attached hydrogens (tertiary/aromatic N) is 3. The van der Waals surface area contributed by atoms with Crippen molar-refractivity contribution in [3.8, 4) is 23.1 Å². The van der Waals surface area contributed by atoms with Crippen molar-refractivity contribution in [1.29, 1.82) is 5.41 Å². The number of carboxylic acids is 1. The number of carbonyl (C=O) groups is 1. The molecule has 8 N–H and O–H groups in total. The number of nitrogens with one attached hydrogen (secondary N) is 3. The molecule has 1 aliphatic rings. The van der Waals surface area contributed by atoms with E-state index in [-0.39, 0.29) is 11.7 Å². The van der Waals surface area contributed by atoms with Gasteiger partial charge in [-0.3, -0.25) is 15.2 Å². The van der Waals surface area contributed by atoms with Crippen molar-refractivity contribution in [2.45, 2.75) is 19.4 Å². The fourth-order valence-corrected chi connectivity index (χ4v) is 4.00. The number of ether oxygens (including phenoxy) is 3. The van der Waals surface area contributed by atoms with Crippen LogP contribution >= 0.6 is 0 Å². The van der Waals surface area contributed by atoms with Crippen molar-refractivity contribution in [2.75, 3.05) is 31.4 Å². The number of pyridine rings is 1. The molecule has 0 spiro atoms. The molecule has 0 saturated heterocycles. The van der Waals surface area contributed by atoms with Crippen molar-refractivity contribution in [3.63, 3.8) is 0 Å². The van der Waals surface area contributed by atoms with Crippen molar-refractivity contribution in [3.05, 3.63) is 82.2 Å². The number of amidine groups is 1. The van der Waals surface area contributed by atoms with Crippen molar-refractivity contribution in [1.82, 2.24) is 19.7 Å². The summed E-state index contributed by atoms with van der Waals surface area (Å²) >= 11 is 0. The smallest absolute Gasteiger partial charge is 0.349 e. The number of anilines is 2. The second kappa shape index (κ2) is 12.5. The number of aliphatic carboxylic acids is 1. The van der Waals surface area contributed by atoms with Gasteiger partial charge in [-0.1, -0.05) is 0 Å². The number of aromatic nitrogens is 4. The molecule has 2 aromatic heterocycles. The summed E-state index contributed by atoms with van der Waals surface area (Å²) in [4.78, 5) is 28.9. The number of hydrogen-bond acceptors (Lipinski definition) is 10. The van der Waals surface area contributed by atoms with Gasteiger partial charge < -0.3 is 36.1 Å². The molecule has 0 radical (unpaired) electrons. The molecule has 14 nitrogen and oxygen atoms in total. The average molecular weight is 563 g/mol. The Morgan fingerprint density at radius 3 is 2.59 bits per heavy atom. The molecule has 0 saturated carbocycles. The van der Waals surface area contributed by atoms with E-state index in [1.807, 2.05) is 12.1 Å². The van der Waals surface area contributed by atoms with Crippen molar-refractivity contribution < 1.29 is 24.1 Å². The number of H-pyrrole nitrogens is 1. The minimum Gasteiger partial charge on any atom is -0.493 e. The van der Waals surface area contributed by atoms with E-state index >= 15 is 0 Å². The standard InChI is InChI=1S/C25H26N8O4.C2H4O2/c1-35-18-12-15(13-19-21(18)37-11-3-10-36-19)20(30-16-7-5-14(6-8-16)22(27)28)23-31-25(34)33(32-23)24-17(26)4-2-9-29-24;1-2(3)4/h2,4-9,12-13,20,30H,3,10-11,26H2,1H3,(H3,27,28)(H,31,32,34);1H3,(H,3,4). The SMILES string of the molecule is CC(=O)O.COc1cc(C(Nc2ccc(C(=N)N)cc2)c2nn(-c3ncccc3N)c(=O)[nH]2)cc2c1OCCCO2. The Morgan fingerprint density at radius 1 is 1.22 bits per heavy atom. The summed E-state index contributed by atoms with van der Waals surface area (Å²) in [6, 6.07) is 13.3. The zero-order valence-electron chi connectivity index (χ0n) is 22.4. The molecule has 41 heavy (non-hydrogen) atoms. The van der Waals surface area contributed by atoms with Gasteiger partial charge in [0.2, 0.25) is 5.75 Å². The molecule has 0 fully saturated rings. The summed E-state index contributed by atoms with van der Waals surface area (Å²) in [6.45, 7) is 2.09. The van der Waals surface area contributed by atoms with Crippen LogP contribution in [0.1, 0.15) is 36.3 Å². The van der Waals surface area contributed by atoms with E-state index < -0.39 is 17.7 Å². The number of hydrogen-bond donors (Lipinski definition) is 6. The van der Waals surface area contributed by atoms with Gasteiger partial charge in [-0.2, -0.15) is 4.68 Å². The average Bonchev–Trinajstić information content (AvgIpc) is 3.16. The molecule has 2 aromatic carbocycles. The van der Waals surface area contributed by atoms with Gasteiger partial charge in [0.1, 0.15) is 11.9 Å². The number of nitrogen functional groups attached to an aromatic ring is 2. The lowest BCUT2D eigenvalue weighted by Crippen LogP contribution is -2.18. The first-order valence-corrected chi connectivity index (χ1v) is 12.5. The summed E-state index contributed by atoms with van der Waals surface area (Å²) in [5.41, 5.74) is 13.4. The van der Waals surface area contributed by atoms with Gasteiger partial charge >= 0.3 is 5.69 Å². The minimum atomic E-state index is -0.833. The number of carboxylic acid groups (broad SMARTS) is 1. The van der Waals surface area contributed by atoms with Gasteiger partial charge in [-0.05, 0) is 54.1 Å². The van der Waals surface area contributed by atoms with Crippen LogP contribution in [0.5, 0.6) is 17.2 Å². The number of benzene rings is 2. The summed E-state index contributed by atoms with van der Waals surface area (Å²) in [5.74, 6) is 1.20. The van der Waals surface area contributed by atoms with Crippen LogP contribution in [0.25, 0.3) is 5.82 Å². The molecule has 14 heteroatoms. The first-order chi connectivity index (χ1) is 19.7. The Hall–Kier alpha value is -5.53. The van der Waals surface area contributed by atoms with Gasteiger partial charge in [-0.25, -0.2) is 9.78 Å². The molecule has 1 aliphatic heterocycles. The second-order valence-corrected chi connectivity index (χ2v) is 8.83. The lowest BCUT2D eigenvalue weighted by molar-refractivity contribution is -0.134. The van der Waals surface area contributed by atoms with E-state index in [1.54, 1.807) is 43.5 Å². The van der Waals surface area contributed by atoms with Gasteiger partial charge in [0.25, 0.3) is 5.97 Å². The molecule has 214 valence electrons. The Balaban J connectivity index is 0.000000909. The summed E-state index contributed by atoms with van der Waals surface area (Å²) < 4.78 is 18.5. The van der Waals surface area contributed by atoms with E-state index in [2.05, 4.69) is 20.4 Å². The van der Waals surface area contributed by atoms with E-state index in [4.69, 9.17) is 41.0 Å². The molecule has 0 bridgehead atoms. The largest absolute Gasteiger partial charge is 0.493 e. The lowest BCUT2D eigenvalue weighted by Gasteiger charge is -2.21. The minimum absolute atomic E-state index is 0.0354. The number of fused-ring (bicyclic) bond motifs is 1. The maximum absolute atomic E-state index is 12.9. The van der Waals surface area contributed by atoms with Gasteiger partial charge in [0.15, 0.2) is 23.1 Å². The number of methoxy groups -OCH3 is 1. The van der Waals surface area contributed by atoms with E-state index in [0.29, 0.717) is 58.8 Å². The van der Waals surface area contributed by atoms with Crippen LogP contribution in [0.4, 0.5) is 11.4 Å². The fourth-order valence-electron chi connectivity index (χ4n) is 4.00. The van der Waals surface area contributed by atoms with Crippen LogP contribution < -0.4 is 36.7 Å². The molecular weight excluding hydrogens is 532 g/mol. The predicted octanol–water partition coefficient (Wildman–Crippen LogP) is 2.28. The lowest BCUT2D eigenvalue weighted by atomic mass is 10.0. The summed E-state index contributed by atoms with van der Waals surface area (Å²) in [5, 5.41) is 23.0. The Kier molecular flexibility index (Phi) is 8.72. The van der Waals surface area contributed by atoms with Crippen LogP contribution in [0, 0.1) is 5.41 Å². The van der Waals surface area contributed by atoms with Crippen LogP contribution in [0.15, 0.2) is 59.5 Å². The first kappa shape index (κ1) is 28.5. The van der Waals surface area contributed by atoms with Gasteiger partial charge in [0, 0.05) is 30.8 Å². The zero-order valence-corrected chi connectivity index (χ0v) is 22.4. The second-order valence-electron chi connectivity index (χ2n) is 8.83. The number of rotatable bonds is 7. The van der Waals surface area contributed by atoms with E-state index in [1.165, 1.54) is 6.20 Å². The zero-order chi connectivity index (χ0) is 29.5. The third-order valence-corrected chi connectivity index (χ3v) is 5.82. The molecular formula is C27H30N8O6. The highest BCUT2D eigenvalue weighted by atomic mass is 16.5. The third kappa shape index (κ3) is 6.73. The number of aromatic amines is 1. The monoisotopic (exact) mass is 562 g/mol. The Morgan fingerprint density at radius 2 is 1.93 bits per heavy atom.